The van der Waals surface area contributed by atoms with Crippen LogP contribution in [0.3, 0.4) is 0 Å². The number of hydrogen-bond acceptors (Lipinski definition) is 6. The Balaban J connectivity index is 2.59. The van der Waals surface area contributed by atoms with Gasteiger partial charge >= 0.3 is 23.3 Å². The lowest BCUT2D eigenvalue weighted by Gasteiger charge is -2.19. The second-order valence-corrected chi connectivity index (χ2v) is 10.4. The fourth-order valence-corrected chi connectivity index (χ4v) is 6.34. The van der Waals surface area contributed by atoms with Gasteiger partial charge in [0.25, 0.3) is 0 Å². The topological polar surface area (TPSA) is 110 Å². The van der Waals surface area contributed by atoms with Gasteiger partial charge in [0.15, 0.2) is 5.90 Å². The van der Waals surface area contributed by atoms with E-state index in [2.05, 4.69) is 8.83 Å². The second-order valence-electron chi connectivity index (χ2n) is 5.09. The van der Waals surface area contributed by atoms with Crippen LogP contribution in [-0.2, 0) is 22.5 Å². The first kappa shape index (κ1) is 20.4. The standard InChI is InChI=1S/C8H15BF3O7P3/c9-8-1-6(3-13)7(2-8)4-18-22(12,17)19-21(11,16)5-20(10,14)15/h6-8,13H,1-5H2,(H,14,15)/t6-,7+,8-,21?,22?/m0/s1. The third-order valence-corrected chi connectivity index (χ3v) is 8.08. The average molecular weight is 384 g/mol. The number of hydrogen-bond donors (Lipinski definition) is 2. The van der Waals surface area contributed by atoms with E-state index in [-0.39, 0.29) is 18.3 Å². The SMILES string of the molecule is [B][C@H]1C[C@@H](CO)[C@@H](COP(=O)(F)OP(=O)(F)CP(=O)(O)F)C1. The van der Waals surface area contributed by atoms with E-state index in [1.165, 1.54) is 0 Å². The Morgan fingerprint density at radius 1 is 1.14 bits per heavy atom. The van der Waals surface area contributed by atoms with E-state index in [1.54, 1.807) is 0 Å². The molecular formula is C8H15BF3O7P3. The van der Waals surface area contributed by atoms with Gasteiger partial charge in [0, 0.05) is 6.61 Å². The molecule has 7 nitrogen and oxygen atoms in total. The normalized spacial score (nSPS) is 33.8. The molecule has 2 radical (unpaired) electrons. The van der Waals surface area contributed by atoms with Gasteiger partial charge in [-0.3, -0.25) is 13.7 Å². The highest BCUT2D eigenvalue weighted by Crippen LogP contribution is 2.71. The molecule has 1 aliphatic carbocycles. The lowest BCUT2D eigenvalue weighted by atomic mass is 9.85. The van der Waals surface area contributed by atoms with E-state index < -0.39 is 41.7 Å². The number of aliphatic hydroxyl groups is 1. The van der Waals surface area contributed by atoms with Gasteiger partial charge in [-0.2, -0.15) is 12.7 Å². The first-order chi connectivity index (χ1) is 9.84. The summed E-state index contributed by atoms with van der Waals surface area (Å²) < 4.78 is 79.2. The zero-order chi connectivity index (χ0) is 17.2. The number of rotatable bonds is 8. The molecule has 0 saturated heterocycles. The predicted molar refractivity (Wildman–Crippen MR) is 73.1 cm³/mol. The summed E-state index contributed by atoms with van der Waals surface area (Å²) in [7, 11) is -11.4. The average Bonchev–Trinajstić information content (AvgIpc) is 2.62. The molecule has 0 heterocycles. The van der Waals surface area contributed by atoms with Gasteiger partial charge in [0.1, 0.15) is 0 Å². The number of aliphatic hydroxyl groups excluding tert-OH is 1. The summed E-state index contributed by atoms with van der Waals surface area (Å²) in [4.78, 5) is 8.25. The largest absolute Gasteiger partial charge is 0.520 e. The quantitative estimate of drug-likeness (QED) is 0.488. The minimum Gasteiger partial charge on any atom is -0.396 e. The van der Waals surface area contributed by atoms with Crippen molar-refractivity contribution >= 4 is 31.1 Å². The van der Waals surface area contributed by atoms with Crippen molar-refractivity contribution in [3.05, 3.63) is 0 Å². The first-order valence-corrected chi connectivity index (χ1v) is 11.0. The summed E-state index contributed by atoms with van der Waals surface area (Å²) in [6.07, 6.45) is 0.758. The number of halogens is 3. The van der Waals surface area contributed by atoms with Crippen LogP contribution in [0.15, 0.2) is 0 Å². The minimum absolute atomic E-state index is 0.268. The monoisotopic (exact) mass is 384 g/mol. The lowest BCUT2D eigenvalue weighted by Crippen LogP contribution is -2.17. The van der Waals surface area contributed by atoms with Crippen molar-refractivity contribution in [2.45, 2.75) is 18.7 Å². The third-order valence-electron chi connectivity index (χ3n) is 3.12. The molecule has 1 rings (SSSR count). The minimum atomic E-state index is -5.76. The van der Waals surface area contributed by atoms with Crippen LogP contribution in [0.1, 0.15) is 12.8 Å². The molecule has 0 aliphatic heterocycles. The van der Waals surface area contributed by atoms with Gasteiger partial charge in [-0.25, -0.2) is 4.57 Å². The molecule has 14 heteroatoms. The summed E-state index contributed by atoms with van der Waals surface area (Å²) in [5, 5.41) is 9.09. The molecule has 2 N–H and O–H groups in total. The van der Waals surface area contributed by atoms with E-state index in [0.29, 0.717) is 12.8 Å². The van der Waals surface area contributed by atoms with Gasteiger partial charge < -0.3 is 10.00 Å². The molecular weight excluding hydrogens is 369 g/mol. The predicted octanol–water partition coefficient (Wildman–Crippen LogP) is 3.35. The summed E-state index contributed by atoms with van der Waals surface area (Å²) in [6.45, 7) is -0.824. The fraction of sp³-hybridized carbons (Fsp3) is 1.00. The molecule has 22 heavy (non-hydrogen) atoms. The van der Waals surface area contributed by atoms with Crippen LogP contribution in [-0.4, -0.2) is 37.0 Å². The van der Waals surface area contributed by atoms with Crippen molar-refractivity contribution in [2.75, 3.05) is 19.1 Å². The van der Waals surface area contributed by atoms with Gasteiger partial charge in [-0.1, -0.05) is 18.7 Å². The molecule has 0 aromatic rings. The van der Waals surface area contributed by atoms with Crippen molar-refractivity contribution in [3.8, 4) is 0 Å². The highest BCUT2D eigenvalue weighted by molar-refractivity contribution is 7.74. The first-order valence-electron chi connectivity index (χ1n) is 6.16. The van der Waals surface area contributed by atoms with Crippen molar-refractivity contribution in [1.29, 1.82) is 0 Å². The zero-order valence-electron chi connectivity index (χ0n) is 11.3. The van der Waals surface area contributed by atoms with Gasteiger partial charge in [0.05, 0.1) is 14.5 Å². The van der Waals surface area contributed by atoms with Gasteiger partial charge in [0.2, 0.25) is 0 Å². The zero-order valence-corrected chi connectivity index (χ0v) is 13.9. The molecule has 3 unspecified atom stereocenters. The molecule has 1 saturated carbocycles. The molecule has 128 valence electrons. The van der Waals surface area contributed by atoms with E-state index in [1.807, 2.05) is 0 Å². The van der Waals surface area contributed by atoms with Crippen LogP contribution < -0.4 is 0 Å². The smallest absolute Gasteiger partial charge is 0.396 e. The fourth-order valence-electron chi connectivity index (χ4n) is 2.27. The molecule has 0 spiro atoms. The Bertz CT molecular complexity index is 529. The van der Waals surface area contributed by atoms with Crippen LogP contribution in [0.5, 0.6) is 0 Å². The Labute approximate surface area is 126 Å². The molecule has 1 aliphatic rings. The highest BCUT2D eigenvalue weighted by Gasteiger charge is 2.43. The van der Waals surface area contributed by atoms with E-state index in [4.69, 9.17) is 17.8 Å². The Morgan fingerprint density at radius 3 is 2.18 bits per heavy atom. The maximum Gasteiger partial charge on any atom is 0.520 e. The lowest BCUT2D eigenvalue weighted by molar-refractivity contribution is 0.135. The van der Waals surface area contributed by atoms with Crippen molar-refractivity contribution in [1.82, 2.24) is 0 Å². The third kappa shape index (κ3) is 7.30. The summed E-state index contributed by atoms with van der Waals surface area (Å²) in [5.74, 6) is -3.21. The molecule has 1 fully saturated rings. The van der Waals surface area contributed by atoms with Crippen LogP contribution in [0.2, 0.25) is 5.82 Å². The maximum absolute atomic E-state index is 13.5. The Hall–Kier alpha value is 0.385. The van der Waals surface area contributed by atoms with Crippen LogP contribution in [0.25, 0.3) is 0 Å². The summed E-state index contributed by atoms with van der Waals surface area (Å²) >= 11 is 0. The highest BCUT2D eigenvalue weighted by atomic mass is 31.3. The second kappa shape index (κ2) is 7.52. The summed E-state index contributed by atoms with van der Waals surface area (Å²) in [6, 6.07) is 0. The molecule has 0 amide bonds. The maximum atomic E-state index is 13.5. The molecule has 6 atom stereocenters. The van der Waals surface area contributed by atoms with Gasteiger partial charge in [-0.05, 0) is 11.8 Å². The Morgan fingerprint density at radius 2 is 1.68 bits per heavy atom. The van der Waals surface area contributed by atoms with Crippen LogP contribution in [0.4, 0.5) is 12.6 Å². The van der Waals surface area contributed by atoms with Crippen LogP contribution >= 0.6 is 23.3 Å². The molecule has 0 aromatic carbocycles. The van der Waals surface area contributed by atoms with Crippen molar-refractivity contribution in [3.63, 3.8) is 0 Å². The molecule has 0 aromatic heterocycles. The van der Waals surface area contributed by atoms with Crippen LogP contribution in [0, 0.1) is 11.8 Å². The van der Waals surface area contributed by atoms with E-state index in [9.17, 15) is 26.3 Å². The summed E-state index contributed by atoms with van der Waals surface area (Å²) in [5.41, 5.74) is 0. The van der Waals surface area contributed by atoms with Crippen molar-refractivity contribution in [2.24, 2.45) is 11.8 Å². The van der Waals surface area contributed by atoms with E-state index >= 15 is 0 Å². The van der Waals surface area contributed by atoms with E-state index in [0.717, 1.165) is 0 Å². The van der Waals surface area contributed by atoms with Gasteiger partial charge in [-0.15, -0.1) is 4.20 Å². The molecule has 0 bridgehead atoms. The Kier molecular flexibility index (Phi) is 6.98. The van der Waals surface area contributed by atoms with Crippen molar-refractivity contribution < 1.29 is 45.1 Å².